The van der Waals surface area contributed by atoms with Gasteiger partial charge in [0.25, 0.3) is 0 Å². The van der Waals surface area contributed by atoms with Gasteiger partial charge < -0.3 is 5.32 Å². The number of halogens is 1. The molecule has 20 heavy (non-hydrogen) atoms. The number of benzene rings is 2. The molecule has 2 heteroatoms. The largest absolute Gasteiger partial charge is 0.303 e. The van der Waals surface area contributed by atoms with Crippen molar-refractivity contribution in [1.29, 1.82) is 0 Å². The molecule has 1 aliphatic rings. The van der Waals surface area contributed by atoms with Gasteiger partial charge >= 0.3 is 0 Å². The molecular weight excluding hydrogens is 266 g/mol. The van der Waals surface area contributed by atoms with Gasteiger partial charge in [-0.3, -0.25) is 0 Å². The summed E-state index contributed by atoms with van der Waals surface area (Å²) in [5, 5.41) is 4.58. The third-order valence-corrected chi connectivity index (χ3v) is 4.55. The van der Waals surface area contributed by atoms with Gasteiger partial charge in [0, 0.05) is 17.1 Å². The number of aryl methyl sites for hydroxylation is 2. The molecule has 0 radical (unpaired) electrons. The van der Waals surface area contributed by atoms with Crippen LogP contribution in [0.3, 0.4) is 0 Å². The molecule has 2 aromatic rings. The van der Waals surface area contributed by atoms with Crippen LogP contribution in [-0.4, -0.2) is 0 Å². The first kappa shape index (κ1) is 13.7. The van der Waals surface area contributed by atoms with E-state index in [-0.39, 0.29) is 6.04 Å². The molecule has 0 amide bonds. The number of nitrogens with one attached hydrogen (secondary N) is 1. The van der Waals surface area contributed by atoms with E-state index < -0.39 is 0 Å². The molecule has 0 spiro atoms. The standard InChI is InChI=1S/C18H20ClN/c1-12-7-8-14-9-10-18(16(14)11-12)20-13(2)15-5-3-4-6-17(15)19/h3-8,11,13,18,20H,9-10H2,1-2H3. The summed E-state index contributed by atoms with van der Waals surface area (Å²) in [6.07, 6.45) is 2.34. The molecule has 0 bridgehead atoms. The second-order valence-electron chi connectivity index (χ2n) is 5.70. The van der Waals surface area contributed by atoms with E-state index >= 15 is 0 Å². The lowest BCUT2D eigenvalue weighted by atomic mass is 10.0. The Balaban J connectivity index is 1.80. The van der Waals surface area contributed by atoms with E-state index in [9.17, 15) is 0 Å². The molecule has 1 nitrogen and oxygen atoms in total. The van der Waals surface area contributed by atoms with E-state index in [0.717, 1.165) is 5.02 Å². The van der Waals surface area contributed by atoms with Gasteiger partial charge in [-0.05, 0) is 49.4 Å². The summed E-state index contributed by atoms with van der Waals surface area (Å²) in [4.78, 5) is 0. The maximum Gasteiger partial charge on any atom is 0.0453 e. The first-order valence-corrected chi connectivity index (χ1v) is 7.63. The van der Waals surface area contributed by atoms with Crippen LogP contribution in [0.15, 0.2) is 42.5 Å². The fourth-order valence-corrected chi connectivity index (χ4v) is 3.41. The molecule has 0 saturated carbocycles. The predicted octanol–water partition coefficient (Wildman–Crippen LogP) is 4.99. The monoisotopic (exact) mass is 285 g/mol. The molecule has 2 aromatic carbocycles. The van der Waals surface area contributed by atoms with Gasteiger partial charge in [0.05, 0.1) is 0 Å². The SMILES string of the molecule is Cc1ccc2c(c1)C(NC(C)c1ccccc1Cl)CC2. The molecule has 2 unspecified atom stereocenters. The van der Waals surface area contributed by atoms with Crippen LogP contribution < -0.4 is 5.32 Å². The number of rotatable bonds is 3. The van der Waals surface area contributed by atoms with Crippen molar-refractivity contribution < 1.29 is 0 Å². The van der Waals surface area contributed by atoms with Crippen molar-refractivity contribution in [2.24, 2.45) is 0 Å². The van der Waals surface area contributed by atoms with Crippen molar-refractivity contribution in [3.05, 3.63) is 69.7 Å². The van der Waals surface area contributed by atoms with E-state index in [0.29, 0.717) is 6.04 Å². The second kappa shape index (κ2) is 5.59. The lowest BCUT2D eigenvalue weighted by molar-refractivity contribution is 0.465. The third-order valence-electron chi connectivity index (χ3n) is 4.20. The van der Waals surface area contributed by atoms with Gasteiger partial charge in [0.1, 0.15) is 0 Å². The van der Waals surface area contributed by atoms with E-state index in [1.54, 1.807) is 0 Å². The highest BCUT2D eigenvalue weighted by molar-refractivity contribution is 6.31. The average Bonchev–Trinajstić information content (AvgIpc) is 2.82. The van der Waals surface area contributed by atoms with Gasteiger partial charge in [-0.1, -0.05) is 53.6 Å². The molecule has 3 rings (SSSR count). The van der Waals surface area contributed by atoms with Gasteiger partial charge in [-0.15, -0.1) is 0 Å². The Bertz CT molecular complexity index is 621. The van der Waals surface area contributed by atoms with Crippen LogP contribution in [0.4, 0.5) is 0 Å². The molecular formula is C18H20ClN. The van der Waals surface area contributed by atoms with Crippen LogP contribution in [-0.2, 0) is 6.42 Å². The van der Waals surface area contributed by atoms with E-state index in [1.165, 1.54) is 35.1 Å². The van der Waals surface area contributed by atoms with Crippen LogP contribution in [0.2, 0.25) is 5.02 Å². The fraction of sp³-hybridized carbons (Fsp3) is 0.333. The van der Waals surface area contributed by atoms with Crippen molar-refractivity contribution in [2.75, 3.05) is 0 Å². The maximum atomic E-state index is 6.29. The smallest absolute Gasteiger partial charge is 0.0453 e. The first-order chi connectivity index (χ1) is 9.65. The summed E-state index contributed by atoms with van der Waals surface area (Å²) < 4.78 is 0. The Morgan fingerprint density at radius 1 is 1.20 bits per heavy atom. The molecule has 0 saturated heterocycles. The first-order valence-electron chi connectivity index (χ1n) is 7.25. The van der Waals surface area contributed by atoms with Crippen molar-refractivity contribution >= 4 is 11.6 Å². The third kappa shape index (κ3) is 2.61. The quantitative estimate of drug-likeness (QED) is 0.838. The minimum absolute atomic E-state index is 0.264. The Morgan fingerprint density at radius 2 is 2.00 bits per heavy atom. The normalized spacial score (nSPS) is 18.9. The van der Waals surface area contributed by atoms with Crippen LogP contribution >= 0.6 is 11.6 Å². The zero-order valence-corrected chi connectivity index (χ0v) is 12.7. The van der Waals surface area contributed by atoms with Crippen LogP contribution in [0.5, 0.6) is 0 Å². The zero-order valence-electron chi connectivity index (χ0n) is 12.0. The molecule has 0 fully saturated rings. The molecule has 2 atom stereocenters. The summed E-state index contributed by atoms with van der Waals surface area (Å²) >= 11 is 6.29. The van der Waals surface area contributed by atoms with Crippen molar-refractivity contribution in [1.82, 2.24) is 5.32 Å². The summed E-state index contributed by atoms with van der Waals surface area (Å²) in [7, 11) is 0. The van der Waals surface area contributed by atoms with Crippen LogP contribution in [0.1, 0.15) is 47.7 Å². The molecule has 0 heterocycles. The highest BCUT2D eigenvalue weighted by atomic mass is 35.5. The van der Waals surface area contributed by atoms with Crippen molar-refractivity contribution in [3.8, 4) is 0 Å². The lowest BCUT2D eigenvalue weighted by Gasteiger charge is -2.22. The van der Waals surface area contributed by atoms with Gasteiger partial charge in [0.2, 0.25) is 0 Å². The van der Waals surface area contributed by atoms with E-state index in [2.05, 4.69) is 43.4 Å². The van der Waals surface area contributed by atoms with Crippen LogP contribution in [0, 0.1) is 6.92 Å². The molecule has 1 N–H and O–H groups in total. The highest BCUT2D eigenvalue weighted by Gasteiger charge is 2.24. The van der Waals surface area contributed by atoms with Gasteiger partial charge in [-0.25, -0.2) is 0 Å². The summed E-state index contributed by atoms with van der Waals surface area (Å²) in [5.41, 5.74) is 5.46. The number of fused-ring (bicyclic) bond motifs is 1. The van der Waals surface area contributed by atoms with Crippen molar-refractivity contribution in [3.63, 3.8) is 0 Å². The van der Waals surface area contributed by atoms with Gasteiger partial charge in [0.15, 0.2) is 0 Å². The lowest BCUT2D eigenvalue weighted by Crippen LogP contribution is -2.23. The summed E-state index contributed by atoms with van der Waals surface area (Å²) in [6, 6.07) is 15.6. The minimum atomic E-state index is 0.264. The summed E-state index contributed by atoms with van der Waals surface area (Å²) in [5.74, 6) is 0. The minimum Gasteiger partial charge on any atom is -0.303 e. The number of hydrogen-bond donors (Lipinski definition) is 1. The van der Waals surface area contributed by atoms with Gasteiger partial charge in [-0.2, -0.15) is 0 Å². The highest BCUT2D eigenvalue weighted by Crippen LogP contribution is 2.34. The number of hydrogen-bond acceptors (Lipinski definition) is 1. The Morgan fingerprint density at radius 3 is 2.80 bits per heavy atom. The molecule has 104 valence electrons. The topological polar surface area (TPSA) is 12.0 Å². The molecule has 1 aliphatic carbocycles. The fourth-order valence-electron chi connectivity index (χ4n) is 3.11. The average molecular weight is 286 g/mol. The summed E-state index contributed by atoms with van der Waals surface area (Å²) in [6.45, 7) is 4.35. The molecule has 0 aliphatic heterocycles. The maximum absolute atomic E-state index is 6.29. The van der Waals surface area contributed by atoms with E-state index in [4.69, 9.17) is 11.6 Å². The van der Waals surface area contributed by atoms with Crippen molar-refractivity contribution in [2.45, 2.75) is 38.8 Å². The zero-order chi connectivity index (χ0) is 14.1. The van der Waals surface area contributed by atoms with E-state index in [1.807, 2.05) is 18.2 Å². The Hall–Kier alpha value is -1.31. The Labute approximate surface area is 126 Å². The Kier molecular flexibility index (Phi) is 3.82. The molecule has 0 aromatic heterocycles. The van der Waals surface area contributed by atoms with Crippen LogP contribution in [0.25, 0.3) is 0 Å². The second-order valence-corrected chi connectivity index (χ2v) is 6.11. The predicted molar refractivity (Wildman–Crippen MR) is 85.2 cm³/mol.